The Bertz CT molecular complexity index is 4580. The van der Waals surface area contributed by atoms with Crippen molar-refractivity contribution in [3.63, 3.8) is 0 Å². The summed E-state index contributed by atoms with van der Waals surface area (Å²) < 4.78 is 85.7. The molecule has 0 unspecified atom stereocenters. The molecule has 0 aliphatic carbocycles. The Labute approximate surface area is 634 Å². The number of nitrogens with two attached hydrogens (primary N) is 2. The number of nitrogens with zero attached hydrogens (tertiary/aromatic N) is 11. The van der Waals surface area contributed by atoms with Gasteiger partial charge in [-0.15, -0.1) is 0 Å². The van der Waals surface area contributed by atoms with Gasteiger partial charge in [0, 0.05) is 124 Å². The van der Waals surface area contributed by atoms with Crippen molar-refractivity contribution in [1.82, 2.24) is 59.7 Å². The molecule has 0 atom stereocenters. The second kappa shape index (κ2) is 37.9. The molecule has 0 radical (unpaired) electrons. The van der Waals surface area contributed by atoms with Crippen LogP contribution in [0.4, 0.5) is 20.4 Å². The van der Waals surface area contributed by atoms with Gasteiger partial charge in [0.25, 0.3) is 0 Å². The number of rotatable bonds is 24. The summed E-state index contributed by atoms with van der Waals surface area (Å²) in [5.41, 5.74) is 24.8. The molecule has 106 heavy (non-hydrogen) atoms. The summed E-state index contributed by atoms with van der Waals surface area (Å²) >= 11 is 6.69. The van der Waals surface area contributed by atoms with Gasteiger partial charge in [0.1, 0.15) is 35.9 Å². The molecule has 0 bridgehead atoms. The van der Waals surface area contributed by atoms with Crippen LogP contribution >= 0.6 is 31.9 Å². The Morgan fingerprint density at radius 2 is 0.915 bits per heavy atom. The summed E-state index contributed by atoms with van der Waals surface area (Å²) in [6.45, 7) is 27.1. The molecule has 11 aromatic rings. The van der Waals surface area contributed by atoms with Gasteiger partial charge in [-0.2, -0.15) is 15.3 Å². The van der Waals surface area contributed by atoms with Crippen molar-refractivity contribution in [3.05, 3.63) is 174 Å². The number of benzene rings is 4. The zero-order valence-electron chi connectivity index (χ0n) is 62.2. The van der Waals surface area contributed by atoms with E-state index in [4.69, 9.17) is 63.5 Å². The lowest BCUT2D eigenvalue weighted by atomic mass is 9.82. The van der Waals surface area contributed by atoms with Crippen molar-refractivity contribution in [2.45, 2.75) is 105 Å². The van der Waals surface area contributed by atoms with Crippen LogP contribution in [0.2, 0.25) is 0 Å². The fourth-order valence-electron chi connectivity index (χ4n) is 10.8. The van der Waals surface area contributed by atoms with Gasteiger partial charge in [-0.3, -0.25) is 14.5 Å². The summed E-state index contributed by atoms with van der Waals surface area (Å²) in [5, 5.41) is 18.2. The van der Waals surface area contributed by atoms with E-state index in [-0.39, 0.29) is 48.3 Å². The number of aromatic nitrogens is 12. The quantitative estimate of drug-likeness (QED) is 0.0288. The maximum absolute atomic E-state index is 13.7. The number of anilines is 2. The predicted octanol–water partition coefficient (Wildman–Crippen LogP) is 12.7. The van der Waals surface area contributed by atoms with Crippen LogP contribution in [0.3, 0.4) is 0 Å². The minimum Gasteiger partial charge on any atom is -0.399 e. The molecule has 0 amide bonds. The number of ether oxygens (including phenoxy) is 6. The molecule has 2 saturated heterocycles. The molecule has 2 fully saturated rings. The second-order valence-corrected chi connectivity index (χ2v) is 28.4. The van der Waals surface area contributed by atoms with E-state index in [1.165, 1.54) is 24.3 Å². The SMILES string of the molecule is CC1(C)OB(c2cn[nH]c2)OC1(C)C.COCCOCCBr.COCCOCCn1cc(-c2cc(-c3ccc4ncnc(C)c4c3)c(-c3ccc(F)cc3)nc2N)cn1.COCCOCCn1cc(B2OC(C)(C)C(C)(C)O2)cn1.Cc1ncnc2ccc(-c3cc(Br)c(N)nc3-c3ccc(F)cc3)cc12. The summed E-state index contributed by atoms with van der Waals surface area (Å²) in [5.74, 6) is 0.137. The number of aromatic amines is 1. The third-order valence-electron chi connectivity index (χ3n) is 18.2. The standard InChI is InChI=1S/C28H27FN6O2.C20H14BrFN4.C14H25BN2O4.C9H15BN2O2.C5H11BrO2/c1-18-23-13-20(5-8-26(23)32-17-31-18)24-14-25(21-15-33-35(16-21)9-10-37-12-11-36-2)28(30)34-27(24)19-3-6-22(29)7-4-19;1-11-15-8-13(4-7-18(15)25-10-24-11)16-9-17(21)20(23)26-19(16)12-2-5-14(22)6-3-12;1-13(2)14(3,4)21-15(20-13)12-10-16-17(11-12)6-7-19-9-8-18-5;1-8(2)9(3,4)14-10(13-8)7-5-11-12-6-7;1-7-4-5-8-3-2-6/h3-8,13-17H,9-12H2,1-2H3,(H2,30,34);2-10H,1H3,(H2,23,26);10-11H,6-9H2,1-5H3;5-6H,1-4H3,(H,11,12);2-5H2,1H3. The third kappa shape index (κ3) is 21.5. The average Bonchev–Trinajstić information content (AvgIpc) is 1.40. The first-order chi connectivity index (χ1) is 50.7. The van der Waals surface area contributed by atoms with Gasteiger partial charge in [0.05, 0.1) is 128 Å². The lowest BCUT2D eigenvalue weighted by Crippen LogP contribution is -2.41. The highest BCUT2D eigenvalue weighted by atomic mass is 79.9. The first kappa shape index (κ1) is 81.7. The molecule has 2 aliphatic rings. The molecule has 7 aromatic heterocycles. The minimum absolute atomic E-state index is 0.283. The smallest absolute Gasteiger partial charge is 0.399 e. The number of nitrogens with one attached hydrogen (secondary N) is 1. The van der Waals surface area contributed by atoms with E-state index in [9.17, 15) is 8.78 Å². The Balaban J connectivity index is 0.000000165. The van der Waals surface area contributed by atoms with Gasteiger partial charge in [0.2, 0.25) is 0 Å². The minimum atomic E-state index is -0.363. The van der Waals surface area contributed by atoms with Gasteiger partial charge < -0.3 is 58.5 Å². The van der Waals surface area contributed by atoms with Crippen LogP contribution in [-0.2, 0) is 60.1 Å². The van der Waals surface area contributed by atoms with E-state index < -0.39 is 0 Å². The number of methoxy groups -OCH3 is 3. The topological polar surface area (TPSA) is 286 Å². The highest BCUT2D eigenvalue weighted by molar-refractivity contribution is 9.10. The Morgan fingerprint density at radius 1 is 0.481 bits per heavy atom. The molecule has 5 N–H and O–H groups in total. The molecular weight excluding hydrogens is 1490 g/mol. The lowest BCUT2D eigenvalue weighted by Gasteiger charge is -2.32. The molecule has 30 heteroatoms. The molecule has 0 spiro atoms. The van der Waals surface area contributed by atoms with Crippen molar-refractivity contribution in [1.29, 1.82) is 0 Å². The number of pyridine rings is 2. The number of alkyl halides is 1. The normalized spacial score (nSPS) is 14.6. The molecule has 9 heterocycles. The Hall–Kier alpha value is -8.36. The number of hydrogen-bond acceptors (Lipinski definition) is 21. The number of fused-ring (bicyclic) bond motifs is 2. The van der Waals surface area contributed by atoms with Crippen LogP contribution in [-0.4, -0.2) is 182 Å². The van der Waals surface area contributed by atoms with E-state index >= 15 is 0 Å². The average molecular weight is 1580 g/mol. The number of nitrogen functional groups attached to an aromatic ring is 2. The molecule has 2 aliphatic heterocycles. The summed E-state index contributed by atoms with van der Waals surface area (Å²) in [6, 6.07) is 28.4. The predicted molar refractivity (Wildman–Crippen MR) is 418 cm³/mol. The lowest BCUT2D eigenvalue weighted by molar-refractivity contribution is 0.00578. The number of halogens is 4. The van der Waals surface area contributed by atoms with Crippen molar-refractivity contribution in [3.8, 4) is 55.9 Å². The zero-order chi connectivity index (χ0) is 76.2. The van der Waals surface area contributed by atoms with Crippen molar-refractivity contribution < 1.29 is 55.8 Å². The van der Waals surface area contributed by atoms with Crippen LogP contribution in [0.5, 0.6) is 0 Å². The van der Waals surface area contributed by atoms with E-state index in [2.05, 4.69) is 83.2 Å². The van der Waals surface area contributed by atoms with Gasteiger partial charge in [-0.25, -0.2) is 38.7 Å². The molecular formula is C76H92B2Br2F2N14O10. The molecule has 560 valence electrons. The fraction of sp³-hybridized carbons (Fsp3) is 0.382. The summed E-state index contributed by atoms with van der Waals surface area (Å²) in [6.07, 6.45) is 14.1. The number of H-pyrrole nitrogens is 1. The molecule has 24 nitrogen and oxygen atoms in total. The molecule has 0 saturated carbocycles. The van der Waals surface area contributed by atoms with Gasteiger partial charge >= 0.3 is 14.2 Å². The first-order valence-electron chi connectivity index (χ1n) is 34.5. The van der Waals surface area contributed by atoms with E-state index in [1.54, 1.807) is 83.0 Å². The van der Waals surface area contributed by atoms with Crippen molar-refractivity contribution in [2.75, 3.05) is 97.6 Å². The van der Waals surface area contributed by atoms with Crippen LogP contribution in [0.1, 0.15) is 66.8 Å². The third-order valence-corrected chi connectivity index (χ3v) is 19.2. The van der Waals surface area contributed by atoms with Crippen LogP contribution in [0.25, 0.3) is 77.7 Å². The second-order valence-electron chi connectivity index (χ2n) is 26.7. The van der Waals surface area contributed by atoms with Crippen molar-refractivity contribution >= 4 is 90.5 Å². The van der Waals surface area contributed by atoms with Crippen LogP contribution < -0.4 is 22.4 Å². The van der Waals surface area contributed by atoms with E-state index in [1.807, 2.05) is 133 Å². The maximum atomic E-state index is 13.7. The van der Waals surface area contributed by atoms with Gasteiger partial charge in [-0.05, 0) is 181 Å². The van der Waals surface area contributed by atoms with Crippen LogP contribution in [0.15, 0.2) is 151 Å². The Morgan fingerprint density at radius 3 is 1.38 bits per heavy atom. The fourth-order valence-corrected chi connectivity index (χ4v) is 11.3. The maximum Gasteiger partial charge on any atom is 0.498 e. The van der Waals surface area contributed by atoms with Crippen LogP contribution in [0, 0.1) is 25.5 Å². The van der Waals surface area contributed by atoms with E-state index in [0.717, 1.165) is 101 Å². The monoisotopic (exact) mass is 1580 g/mol. The van der Waals surface area contributed by atoms with E-state index in [0.29, 0.717) is 93.4 Å². The molecule has 13 rings (SSSR count). The first-order valence-corrected chi connectivity index (χ1v) is 36.4. The summed E-state index contributed by atoms with van der Waals surface area (Å²) in [7, 11) is 4.30. The van der Waals surface area contributed by atoms with Gasteiger partial charge in [-0.1, -0.05) is 28.1 Å². The summed E-state index contributed by atoms with van der Waals surface area (Å²) in [4.78, 5) is 26.6. The van der Waals surface area contributed by atoms with Gasteiger partial charge in [0.15, 0.2) is 0 Å². The zero-order valence-corrected chi connectivity index (χ0v) is 65.3. The number of aryl methyl sites for hydroxylation is 2. The Kier molecular flexibility index (Phi) is 29.2. The largest absolute Gasteiger partial charge is 0.498 e. The highest BCUT2D eigenvalue weighted by Gasteiger charge is 2.53. The van der Waals surface area contributed by atoms with Crippen molar-refractivity contribution in [2.24, 2.45) is 0 Å². The molecule has 4 aromatic carbocycles. The number of hydrogen-bond donors (Lipinski definition) is 3. The highest BCUT2D eigenvalue weighted by Crippen LogP contribution is 2.41.